The lowest BCUT2D eigenvalue weighted by Crippen LogP contribution is -2.16. The Morgan fingerprint density at radius 1 is 1.08 bits per heavy atom. The topological polar surface area (TPSA) is 44.8 Å². The van der Waals surface area contributed by atoms with Gasteiger partial charge in [-0.05, 0) is 51.5 Å². The first-order valence-corrected chi connectivity index (χ1v) is 9.13. The first-order chi connectivity index (χ1) is 12.5. The van der Waals surface area contributed by atoms with Crippen molar-refractivity contribution in [2.75, 3.05) is 21.3 Å². The van der Waals surface area contributed by atoms with Crippen molar-refractivity contribution >= 4 is 27.8 Å². The van der Waals surface area contributed by atoms with Gasteiger partial charge in [-0.1, -0.05) is 31.2 Å². The summed E-state index contributed by atoms with van der Waals surface area (Å²) in [5, 5.41) is 0. The predicted molar refractivity (Wildman–Crippen MR) is 106 cm³/mol. The van der Waals surface area contributed by atoms with E-state index in [4.69, 9.17) is 14.2 Å². The second kappa shape index (κ2) is 7.54. The molecule has 3 rings (SSSR count). The molecule has 26 heavy (non-hydrogen) atoms. The zero-order valence-electron chi connectivity index (χ0n) is 15.3. The number of fused-ring (bicyclic) bond motifs is 1. The van der Waals surface area contributed by atoms with Crippen LogP contribution >= 0.6 is 15.9 Å². The van der Waals surface area contributed by atoms with Gasteiger partial charge in [0, 0.05) is 11.1 Å². The SMILES string of the molecule is COc1cc(C=C2CC(C)c3ccccc3C2=O)c(Br)c(OC)c1OC. The Bertz CT molecular complexity index is 886. The molecule has 0 bridgehead atoms. The zero-order valence-corrected chi connectivity index (χ0v) is 16.8. The summed E-state index contributed by atoms with van der Waals surface area (Å²) in [6.07, 6.45) is 2.60. The summed E-state index contributed by atoms with van der Waals surface area (Å²) in [4.78, 5) is 12.9. The molecule has 1 aliphatic rings. The highest BCUT2D eigenvalue weighted by molar-refractivity contribution is 9.10. The number of allylic oxidation sites excluding steroid dienone is 1. The largest absolute Gasteiger partial charge is 0.493 e. The standard InChI is InChI=1S/C21H21BrO4/c1-12-9-14(19(23)16-8-6-5-7-15(12)16)10-13-11-17(24-2)20(25-3)21(26-4)18(13)22/h5-8,10-12H,9H2,1-4H3. The van der Waals surface area contributed by atoms with Crippen LogP contribution in [0.5, 0.6) is 17.2 Å². The molecule has 4 nitrogen and oxygen atoms in total. The minimum Gasteiger partial charge on any atom is -0.493 e. The fourth-order valence-corrected chi connectivity index (χ4v) is 3.97. The van der Waals surface area contributed by atoms with E-state index in [0.717, 1.165) is 26.7 Å². The molecular weight excluding hydrogens is 396 g/mol. The smallest absolute Gasteiger partial charge is 0.204 e. The third kappa shape index (κ3) is 3.12. The first kappa shape index (κ1) is 18.5. The van der Waals surface area contributed by atoms with Crippen LogP contribution in [0, 0.1) is 0 Å². The van der Waals surface area contributed by atoms with Crippen LogP contribution in [0.3, 0.4) is 0 Å². The van der Waals surface area contributed by atoms with Gasteiger partial charge in [-0.3, -0.25) is 4.79 Å². The zero-order chi connectivity index (χ0) is 18.8. The summed E-state index contributed by atoms with van der Waals surface area (Å²) < 4.78 is 17.0. The average molecular weight is 417 g/mol. The van der Waals surface area contributed by atoms with E-state index in [0.29, 0.717) is 23.7 Å². The number of halogens is 1. The average Bonchev–Trinajstić information content (AvgIpc) is 2.66. The molecular formula is C21H21BrO4. The summed E-state index contributed by atoms with van der Waals surface area (Å²) in [6, 6.07) is 9.65. The van der Waals surface area contributed by atoms with E-state index in [2.05, 4.69) is 22.9 Å². The highest BCUT2D eigenvalue weighted by Crippen LogP contribution is 2.46. The molecule has 1 aliphatic carbocycles. The molecule has 136 valence electrons. The van der Waals surface area contributed by atoms with E-state index >= 15 is 0 Å². The molecule has 0 fully saturated rings. The van der Waals surface area contributed by atoms with E-state index in [1.807, 2.05) is 36.4 Å². The van der Waals surface area contributed by atoms with Gasteiger partial charge in [0.25, 0.3) is 0 Å². The highest BCUT2D eigenvalue weighted by Gasteiger charge is 2.27. The quantitative estimate of drug-likeness (QED) is 0.638. The van der Waals surface area contributed by atoms with Crippen molar-refractivity contribution in [3.8, 4) is 17.2 Å². The second-order valence-electron chi connectivity index (χ2n) is 6.24. The van der Waals surface area contributed by atoms with Gasteiger partial charge in [0.1, 0.15) is 0 Å². The van der Waals surface area contributed by atoms with Crippen molar-refractivity contribution in [3.05, 3.63) is 57.1 Å². The maximum atomic E-state index is 12.9. The number of Topliss-reactive ketones (excluding diaryl/α,β-unsaturated/α-hetero) is 1. The lowest BCUT2D eigenvalue weighted by Gasteiger charge is -2.24. The Hall–Kier alpha value is -2.27. The molecule has 0 radical (unpaired) electrons. The number of ether oxygens (including phenoxy) is 3. The second-order valence-corrected chi connectivity index (χ2v) is 7.03. The van der Waals surface area contributed by atoms with Gasteiger partial charge >= 0.3 is 0 Å². The minimum atomic E-state index is 0.0688. The maximum Gasteiger partial charge on any atom is 0.204 e. The molecule has 0 saturated heterocycles. The molecule has 0 aromatic heterocycles. The Morgan fingerprint density at radius 2 is 1.77 bits per heavy atom. The summed E-state index contributed by atoms with van der Waals surface area (Å²) in [7, 11) is 4.71. The number of benzene rings is 2. The van der Waals surface area contributed by atoms with Gasteiger partial charge in [-0.25, -0.2) is 0 Å². The van der Waals surface area contributed by atoms with Gasteiger partial charge < -0.3 is 14.2 Å². The van der Waals surface area contributed by atoms with Crippen molar-refractivity contribution in [1.29, 1.82) is 0 Å². The van der Waals surface area contributed by atoms with Crippen molar-refractivity contribution < 1.29 is 19.0 Å². The summed E-state index contributed by atoms with van der Waals surface area (Å²) in [5.74, 6) is 1.96. The summed E-state index contributed by atoms with van der Waals surface area (Å²) >= 11 is 3.57. The van der Waals surface area contributed by atoms with E-state index in [-0.39, 0.29) is 11.7 Å². The third-order valence-electron chi connectivity index (χ3n) is 4.68. The number of hydrogen-bond acceptors (Lipinski definition) is 4. The minimum absolute atomic E-state index is 0.0688. The molecule has 5 heteroatoms. The number of ketones is 1. The number of hydrogen-bond donors (Lipinski definition) is 0. The van der Waals surface area contributed by atoms with Crippen molar-refractivity contribution in [2.24, 2.45) is 0 Å². The van der Waals surface area contributed by atoms with Crippen molar-refractivity contribution in [1.82, 2.24) is 0 Å². The van der Waals surface area contributed by atoms with Crippen LogP contribution < -0.4 is 14.2 Å². The van der Waals surface area contributed by atoms with Crippen molar-refractivity contribution in [2.45, 2.75) is 19.3 Å². The van der Waals surface area contributed by atoms with Crippen LogP contribution in [0.2, 0.25) is 0 Å². The Balaban J connectivity index is 2.12. The van der Waals surface area contributed by atoms with E-state index in [1.165, 1.54) is 0 Å². The summed E-state index contributed by atoms with van der Waals surface area (Å²) in [5.41, 5.74) is 3.47. The molecule has 2 aromatic carbocycles. The van der Waals surface area contributed by atoms with Gasteiger partial charge in [0.05, 0.1) is 25.8 Å². The molecule has 0 spiro atoms. The Kier molecular flexibility index (Phi) is 5.37. The van der Waals surface area contributed by atoms with Gasteiger partial charge in [-0.15, -0.1) is 0 Å². The van der Waals surface area contributed by atoms with Crippen LogP contribution in [-0.4, -0.2) is 27.1 Å². The molecule has 0 heterocycles. The summed E-state index contributed by atoms with van der Waals surface area (Å²) in [6.45, 7) is 2.14. The fraction of sp³-hybridized carbons (Fsp3) is 0.286. The molecule has 0 amide bonds. The number of carbonyl (C=O) groups is 1. The van der Waals surface area contributed by atoms with Gasteiger partial charge in [0.15, 0.2) is 17.3 Å². The fourth-order valence-electron chi connectivity index (χ4n) is 3.40. The first-order valence-electron chi connectivity index (χ1n) is 8.34. The van der Waals surface area contributed by atoms with E-state index in [1.54, 1.807) is 21.3 Å². The maximum absolute atomic E-state index is 12.9. The van der Waals surface area contributed by atoms with Crippen LogP contribution in [0.25, 0.3) is 6.08 Å². The van der Waals surface area contributed by atoms with E-state index in [9.17, 15) is 4.79 Å². The molecule has 1 unspecified atom stereocenters. The monoisotopic (exact) mass is 416 g/mol. The van der Waals surface area contributed by atoms with Crippen LogP contribution in [0.15, 0.2) is 40.4 Å². The molecule has 0 N–H and O–H groups in total. The van der Waals surface area contributed by atoms with Crippen LogP contribution in [0.1, 0.15) is 40.7 Å². The normalized spacial score (nSPS) is 17.8. The number of rotatable bonds is 4. The van der Waals surface area contributed by atoms with Gasteiger partial charge in [0.2, 0.25) is 5.75 Å². The molecule has 2 aromatic rings. The van der Waals surface area contributed by atoms with E-state index < -0.39 is 0 Å². The molecule has 1 atom stereocenters. The third-order valence-corrected chi connectivity index (χ3v) is 5.50. The number of methoxy groups -OCH3 is 3. The van der Waals surface area contributed by atoms with Gasteiger partial charge in [-0.2, -0.15) is 0 Å². The van der Waals surface area contributed by atoms with Crippen LogP contribution in [-0.2, 0) is 0 Å². The number of carbonyl (C=O) groups excluding carboxylic acids is 1. The molecule has 0 aliphatic heterocycles. The predicted octanol–water partition coefficient (Wildman–Crippen LogP) is 5.25. The lowest BCUT2D eigenvalue weighted by molar-refractivity contribution is 0.102. The molecule has 0 saturated carbocycles. The lowest BCUT2D eigenvalue weighted by atomic mass is 9.79. The Labute approximate surface area is 161 Å². The Morgan fingerprint density at radius 3 is 2.42 bits per heavy atom. The highest BCUT2D eigenvalue weighted by atomic mass is 79.9. The van der Waals surface area contributed by atoms with Crippen molar-refractivity contribution in [3.63, 3.8) is 0 Å². The van der Waals surface area contributed by atoms with Crippen LogP contribution in [0.4, 0.5) is 0 Å².